The SMILES string of the molecule is Cc1nc2ccc(-c3cn(COCC[Si](C)(C)C)c4nc(Nc5cnn(CC(C)(C)O)c5Cl)nc(OC5CCCC5)c34)cc2o1. The number of halogens is 1. The highest BCUT2D eigenvalue weighted by Gasteiger charge is 2.25. The number of fused-ring (bicyclic) bond motifs is 2. The van der Waals surface area contributed by atoms with Crippen LogP contribution in [0.25, 0.3) is 33.3 Å². The Kier molecular flexibility index (Phi) is 8.68. The molecule has 4 heterocycles. The number of aryl methyl sites for hydroxylation is 1. The second kappa shape index (κ2) is 12.4. The Bertz CT molecular complexity index is 1810. The van der Waals surface area contributed by atoms with E-state index < -0.39 is 13.7 Å². The Morgan fingerprint density at radius 2 is 1.93 bits per heavy atom. The van der Waals surface area contributed by atoms with Crippen molar-refractivity contribution in [1.29, 1.82) is 0 Å². The van der Waals surface area contributed by atoms with Gasteiger partial charge in [-0.15, -0.1) is 0 Å². The van der Waals surface area contributed by atoms with Crippen LogP contribution in [0.2, 0.25) is 30.8 Å². The molecule has 1 fully saturated rings. The first-order valence-electron chi connectivity index (χ1n) is 15.6. The number of rotatable bonds is 12. The summed E-state index contributed by atoms with van der Waals surface area (Å²) >= 11 is 6.67. The summed E-state index contributed by atoms with van der Waals surface area (Å²) in [6.07, 6.45) is 7.93. The van der Waals surface area contributed by atoms with Crippen LogP contribution in [0, 0.1) is 6.92 Å². The fourth-order valence-electron chi connectivity index (χ4n) is 5.58. The molecule has 240 valence electrons. The maximum atomic E-state index is 10.3. The van der Waals surface area contributed by atoms with Crippen molar-refractivity contribution in [3.8, 4) is 17.0 Å². The maximum Gasteiger partial charge on any atom is 0.232 e. The van der Waals surface area contributed by atoms with Gasteiger partial charge in [0.15, 0.2) is 22.3 Å². The van der Waals surface area contributed by atoms with Gasteiger partial charge >= 0.3 is 0 Å². The summed E-state index contributed by atoms with van der Waals surface area (Å²) in [7, 11) is -1.26. The Morgan fingerprint density at radius 1 is 1.16 bits per heavy atom. The third-order valence-corrected chi connectivity index (χ3v) is 9.96. The van der Waals surface area contributed by atoms with Crippen molar-refractivity contribution in [2.24, 2.45) is 0 Å². The quantitative estimate of drug-likeness (QED) is 0.104. The number of ether oxygens (including phenoxy) is 2. The summed E-state index contributed by atoms with van der Waals surface area (Å²) in [4.78, 5) is 14.4. The molecule has 0 saturated heterocycles. The van der Waals surface area contributed by atoms with Gasteiger partial charge in [-0.25, -0.2) is 9.67 Å². The van der Waals surface area contributed by atoms with E-state index in [1.165, 1.54) is 0 Å². The number of nitrogens with zero attached hydrogens (tertiary/aromatic N) is 6. The first kappa shape index (κ1) is 31.5. The molecular formula is C32H42ClN7O4Si. The number of nitrogens with one attached hydrogen (secondary N) is 1. The molecular weight excluding hydrogens is 610 g/mol. The van der Waals surface area contributed by atoms with Crippen LogP contribution < -0.4 is 10.1 Å². The molecule has 5 aromatic rings. The number of hydrogen-bond acceptors (Lipinski definition) is 9. The van der Waals surface area contributed by atoms with Crippen molar-refractivity contribution in [2.75, 3.05) is 11.9 Å². The van der Waals surface area contributed by atoms with Gasteiger partial charge < -0.3 is 28.9 Å². The van der Waals surface area contributed by atoms with Crippen LogP contribution >= 0.6 is 11.6 Å². The largest absolute Gasteiger partial charge is 0.474 e. The van der Waals surface area contributed by atoms with Crippen molar-refractivity contribution in [3.05, 3.63) is 41.6 Å². The average molecular weight is 652 g/mol. The highest BCUT2D eigenvalue weighted by molar-refractivity contribution is 6.76. The molecule has 0 spiro atoms. The van der Waals surface area contributed by atoms with Gasteiger partial charge in [-0.3, -0.25) is 0 Å². The Labute approximate surface area is 268 Å². The van der Waals surface area contributed by atoms with Crippen molar-refractivity contribution < 1.29 is 19.0 Å². The van der Waals surface area contributed by atoms with Crippen molar-refractivity contribution in [2.45, 2.75) is 97.1 Å². The number of aromatic nitrogens is 6. The molecule has 45 heavy (non-hydrogen) atoms. The van der Waals surface area contributed by atoms with Crippen molar-refractivity contribution in [3.63, 3.8) is 0 Å². The van der Waals surface area contributed by atoms with Crippen molar-refractivity contribution in [1.82, 2.24) is 29.3 Å². The molecule has 1 aliphatic carbocycles. The Morgan fingerprint density at radius 3 is 2.67 bits per heavy atom. The predicted octanol–water partition coefficient (Wildman–Crippen LogP) is 7.55. The van der Waals surface area contributed by atoms with Gasteiger partial charge in [-0.05, 0) is 63.3 Å². The summed E-state index contributed by atoms with van der Waals surface area (Å²) in [6.45, 7) is 13.5. The zero-order valence-corrected chi connectivity index (χ0v) is 28.6. The number of oxazole rings is 1. The Hall–Kier alpha value is -3.45. The molecule has 1 saturated carbocycles. The summed E-state index contributed by atoms with van der Waals surface area (Å²) in [5.74, 6) is 1.45. The molecule has 6 rings (SSSR count). The molecule has 0 aliphatic heterocycles. The number of benzene rings is 1. The molecule has 0 radical (unpaired) electrons. The Balaban J connectivity index is 1.45. The molecule has 1 aliphatic rings. The van der Waals surface area contributed by atoms with E-state index in [1.54, 1.807) is 24.7 Å². The highest BCUT2D eigenvalue weighted by Crippen LogP contribution is 2.39. The van der Waals surface area contributed by atoms with Crippen LogP contribution in [0.5, 0.6) is 5.88 Å². The lowest BCUT2D eigenvalue weighted by molar-refractivity contribution is 0.0578. The lowest BCUT2D eigenvalue weighted by Gasteiger charge is -2.17. The van der Waals surface area contributed by atoms with Gasteiger partial charge in [0.1, 0.15) is 18.4 Å². The third kappa shape index (κ3) is 7.35. The highest BCUT2D eigenvalue weighted by atomic mass is 35.5. The van der Waals surface area contributed by atoms with Crippen LogP contribution in [0.3, 0.4) is 0 Å². The summed E-state index contributed by atoms with van der Waals surface area (Å²) < 4.78 is 22.3. The minimum atomic E-state index is -1.26. The fraction of sp³-hybridized carbons (Fsp3) is 0.500. The topological polar surface area (TPSA) is 125 Å². The van der Waals surface area contributed by atoms with Crippen LogP contribution in [0.4, 0.5) is 11.6 Å². The lowest BCUT2D eigenvalue weighted by atomic mass is 10.1. The van der Waals surface area contributed by atoms with E-state index in [0.29, 0.717) is 53.1 Å². The van der Waals surface area contributed by atoms with E-state index in [9.17, 15) is 5.11 Å². The van der Waals surface area contributed by atoms with E-state index in [1.807, 2.05) is 29.7 Å². The average Bonchev–Trinajstić information content (AvgIpc) is 3.74. The smallest absolute Gasteiger partial charge is 0.232 e. The van der Waals surface area contributed by atoms with Crippen LogP contribution in [0.15, 0.2) is 35.0 Å². The number of anilines is 2. The molecule has 1 aromatic carbocycles. The second-order valence-electron chi connectivity index (χ2n) is 13.8. The minimum absolute atomic E-state index is 0.0673. The van der Waals surface area contributed by atoms with E-state index >= 15 is 0 Å². The normalized spacial score (nSPS) is 14.7. The maximum absolute atomic E-state index is 10.3. The summed E-state index contributed by atoms with van der Waals surface area (Å²) in [5.41, 5.74) is 3.62. The molecule has 11 nitrogen and oxygen atoms in total. The standard InChI is InChI=1S/C32H42ClN7O4Si/c1-20-35-24-12-11-21(15-26(24)43-20)23-17-39(19-42-13-14-45(4,5)6)29-27(23)30(44-22-9-7-8-10-22)38-31(37-29)36-25-16-34-40(28(25)33)18-32(2,3)41/h11-12,15-17,22,41H,7-10,13-14,18-19H2,1-6H3,(H,36,37,38). The van der Waals surface area contributed by atoms with E-state index in [-0.39, 0.29) is 12.6 Å². The second-order valence-corrected chi connectivity index (χ2v) is 19.8. The van der Waals surface area contributed by atoms with E-state index in [4.69, 9.17) is 35.5 Å². The zero-order valence-electron chi connectivity index (χ0n) is 26.9. The first-order chi connectivity index (χ1) is 21.3. The van der Waals surface area contributed by atoms with Gasteiger partial charge in [0.25, 0.3) is 0 Å². The first-order valence-corrected chi connectivity index (χ1v) is 19.6. The van der Waals surface area contributed by atoms with Crippen LogP contribution in [-0.4, -0.2) is 60.8 Å². The molecule has 0 amide bonds. The third-order valence-electron chi connectivity index (χ3n) is 7.85. The predicted molar refractivity (Wildman–Crippen MR) is 179 cm³/mol. The van der Waals surface area contributed by atoms with Gasteiger partial charge in [0, 0.05) is 33.4 Å². The van der Waals surface area contributed by atoms with Gasteiger partial charge in [-0.2, -0.15) is 15.1 Å². The van der Waals surface area contributed by atoms with Crippen LogP contribution in [0.1, 0.15) is 45.4 Å². The molecule has 2 N–H and O–H groups in total. The molecule has 0 bridgehead atoms. The van der Waals surface area contributed by atoms with Gasteiger partial charge in [0.2, 0.25) is 11.8 Å². The van der Waals surface area contributed by atoms with Gasteiger partial charge in [0.05, 0.1) is 29.4 Å². The molecule has 0 unspecified atom stereocenters. The van der Waals surface area contributed by atoms with Crippen molar-refractivity contribution >= 4 is 53.4 Å². The molecule has 13 heteroatoms. The lowest BCUT2D eigenvalue weighted by Crippen LogP contribution is -2.26. The number of aliphatic hydroxyl groups is 1. The van der Waals surface area contributed by atoms with Gasteiger partial charge in [-0.1, -0.05) is 37.3 Å². The van der Waals surface area contributed by atoms with E-state index in [2.05, 4.69) is 41.2 Å². The molecule has 4 aromatic heterocycles. The zero-order chi connectivity index (χ0) is 31.9. The molecule has 0 atom stereocenters. The summed E-state index contributed by atoms with van der Waals surface area (Å²) in [5, 5.41) is 19.1. The fourth-order valence-corrected chi connectivity index (χ4v) is 6.53. The monoisotopic (exact) mass is 651 g/mol. The van der Waals surface area contributed by atoms with E-state index in [0.717, 1.165) is 53.8 Å². The van der Waals surface area contributed by atoms with Crippen LogP contribution in [-0.2, 0) is 18.0 Å². The minimum Gasteiger partial charge on any atom is -0.474 e. The summed E-state index contributed by atoms with van der Waals surface area (Å²) in [6, 6.07) is 7.07. The number of hydrogen-bond donors (Lipinski definition) is 2.